The van der Waals surface area contributed by atoms with Crippen molar-refractivity contribution in [2.45, 2.75) is 19.9 Å². The van der Waals surface area contributed by atoms with E-state index >= 15 is 0 Å². The second kappa shape index (κ2) is 8.45. The van der Waals surface area contributed by atoms with Crippen LogP contribution in [0, 0.1) is 6.92 Å². The lowest BCUT2D eigenvalue weighted by atomic mass is 10.1. The smallest absolute Gasteiger partial charge is 0.327 e. The van der Waals surface area contributed by atoms with E-state index in [0.717, 1.165) is 15.9 Å². The molecule has 150 valence electrons. The van der Waals surface area contributed by atoms with Gasteiger partial charge in [0.1, 0.15) is 6.54 Å². The maximum absolute atomic E-state index is 12.9. The third-order valence-corrected chi connectivity index (χ3v) is 4.89. The maximum Gasteiger partial charge on any atom is 0.327 e. The Bertz CT molecular complexity index is 1130. The average molecular weight is 414 g/mol. The van der Waals surface area contributed by atoms with Gasteiger partial charge in [0.25, 0.3) is 5.56 Å². The van der Waals surface area contributed by atoms with Gasteiger partial charge in [-0.05, 0) is 48.9 Å². The van der Waals surface area contributed by atoms with E-state index in [0.29, 0.717) is 28.4 Å². The number of rotatable bonds is 6. The van der Waals surface area contributed by atoms with Gasteiger partial charge in [0, 0.05) is 35.8 Å². The van der Waals surface area contributed by atoms with Gasteiger partial charge in [-0.3, -0.25) is 14.4 Å². The lowest BCUT2D eigenvalue weighted by Crippen LogP contribution is -2.27. The molecule has 1 aromatic carbocycles. The molecule has 2 heterocycles. The van der Waals surface area contributed by atoms with Crippen molar-refractivity contribution >= 4 is 23.4 Å². The number of halogens is 1. The van der Waals surface area contributed by atoms with E-state index in [4.69, 9.17) is 11.6 Å². The van der Waals surface area contributed by atoms with E-state index < -0.39 is 5.97 Å². The van der Waals surface area contributed by atoms with Crippen LogP contribution in [0.15, 0.2) is 47.3 Å². The second-order valence-corrected chi connectivity index (χ2v) is 7.07. The number of hydrogen-bond donors (Lipinski definition) is 0. The first kappa shape index (κ1) is 20.5. The van der Waals surface area contributed by atoms with Crippen LogP contribution in [0.1, 0.15) is 33.0 Å². The minimum Gasteiger partial charge on any atom is -0.468 e. The molecule has 8 heteroatoms. The van der Waals surface area contributed by atoms with Crippen molar-refractivity contribution in [2.24, 2.45) is 7.05 Å². The maximum atomic E-state index is 12.9. The molecule has 7 nitrogen and oxygen atoms in total. The SMILES string of the molecule is COC(=O)Cn1nc(Cc2cc(C)c(C(=O)c3ccc(Cl)cc3)n2C)ccc1=O. The minimum atomic E-state index is -0.553. The molecule has 0 unspecified atom stereocenters. The van der Waals surface area contributed by atoms with Crippen molar-refractivity contribution < 1.29 is 14.3 Å². The predicted octanol–water partition coefficient (Wildman–Crippen LogP) is 2.54. The number of carbonyl (C=O) groups is 2. The van der Waals surface area contributed by atoms with E-state index in [9.17, 15) is 14.4 Å². The standard InChI is InChI=1S/C21H20ClN3O4/c1-13-10-17(11-16-8-9-18(26)25(23-16)12-19(27)29-3)24(2)20(13)21(28)14-4-6-15(22)7-5-14/h4-10H,11-12H2,1-3H3. The topological polar surface area (TPSA) is 83.2 Å². The van der Waals surface area contributed by atoms with Gasteiger partial charge in [-0.2, -0.15) is 5.10 Å². The zero-order valence-electron chi connectivity index (χ0n) is 16.3. The van der Waals surface area contributed by atoms with Crippen molar-refractivity contribution in [3.63, 3.8) is 0 Å². The number of methoxy groups -OCH3 is 1. The Morgan fingerprint density at radius 1 is 1.14 bits per heavy atom. The first-order valence-electron chi connectivity index (χ1n) is 8.89. The highest BCUT2D eigenvalue weighted by Gasteiger charge is 2.19. The van der Waals surface area contributed by atoms with Crippen molar-refractivity contribution in [1.82, 2.24) is 14.3 Å². The normalized spacial score (nSPS) is 10.8. The van der Waals surface area contributed by atoms with E-state index in [1.54, 1.807) is 30.3 Å². The molecule has 0 aliphatic carbocycles. The highest BCUT2D eigenvalue weighted by molar-refractivity contribution is 6.30. The molecule has 0 aliphatic rings. The van der Waals surface area contributed by atoms with E-state index in [-0.39, 0.29) is 17.9 Å². The van der Waals surface area contributed by atoms with Crippen molar-refractivity contribution in [2.75, 3.05) is 7.11 Å². The molecule has 0 saturated heterocycles. The number of benzene rings is 1. The highest BCUT2D eigenvalue weighted by Crippen LogP contribution is 2.21. The van der Waals surface area contributed by atoms with Crippen LogP contribution in [0.2, 0.25) is 5.02 Å². The molecular weight excluding hydrogens is 394 g/mol. The van der Waals surface area contributed by atoms with E-state index in [1.807, 2.05) is 24.6 Å². The third-order valence-electron chi connectivity index (χ3n) is 4.63. The van der Waals surface area contributed by atoms with Gasteiger partial charge in [0.2, 0.25) is 5.78 Å². The molecule has 0 aliphatic heterocycles. The number of aromatic nitrogens is 3. The molecule has 0 atom stereocenters. The molecule has 3 rings (SSSR count). The van der Waals surface area contributed by atoms with Crippen LogP contribution in [-0.4, -0.2) is 33.2 Å². The van der Waals surface area contributed by atoms with Crippen LogP contribution in [0.4, 0.5) is 0 Å². The second-order valence-electron chi connectivity index (χ2n) is 6.64. The van der Waals surface area contributed by atoms with Gasteiger partial charge in [-0.15, -0.1) is 0 Å². The van der Waals surface area contributed by atoms with Crippen LogP contribution < -0.4 is 5.56 Å². The zero-order valence-corrected chi connectivity index (χ0v) is 17.1. The van der Waals surface area contributed by atoms with Gasteiger partial charge < -0.3 is 9.30 Å². The summed E-state index contributed by atoms with van der Waals surface area (Å²) in [5, 5.41) is 4.81. The molecule has 0 amide bonds. The van der Waals surface area contributed by atoms with Crippen molar-refractivity contribution in [1.29, 1.82) is 0 Å². The van der Waals surface area contributed by atoms with Crippen LogP contribution in [0.3, 0.4) is 0 Å². The molecule has 0 spiro atoms. The minimum absolute atomic E-state index is 0.100. The number of nitrogens with zero attached hydrogens (tertiary/aromatic N) is 3. The third kappa shape index (κ3) is 4.46. The van der Waals surface area contributed by atoms with Crippen LogP contribution in [0.5, 0.6) is 0 Å². The molecule has 3 aromatic rings. The Morgan fingerprint density at radius 2 is 1.83 bits per heavy atom. The summed E-state index contributed by atoms with van der Waals surface area (Å²) in [6, 6.07) is 11.6. The molecule has 0 bridgehead atoms. The van der Waals surface area contributed by atoms with Crippen LogP contribution in [-0.2, 0) is 29.5 Å². The number of ether oxygens (including phenoxy) is 1. The lowest BCUT2D eigenvalue weighted by Gasteiger charge is -2.09. The number of ketones is 1. The Morgan fingerprint density at radius 3 is 2.48 bits per heavy atom. The summed E-state index contributed by atoms with van der Waals surface area (Å²) in [7, 11) is 3.07. The first-order valence-corrected chi connectivity index (χ1v) is 9.27. The molecule has 0 radical (unpaired) electrons. The quantitative estimate of drug-likeness (QED) is 0.458. The zero-order chi connectivity index (χ0) is 21.1. The largest absolute Gasteiger partial charge is 0.468 e. The van der Waals surface area contributed by atoms with Gasteiger partial charge in [-0.1, -0.05) is 11.6 Å². The Labute approximate surface area is 172 Å². The first-order chi connectivity index (χ1) is 13.8. The van der Waals surface area contributed by atoms with E-state index in [2.05, 4.69) is 9.84 Å². The fourth-order valence-corrected chi connectivity index (χ4v) is 3.26. The fourth-order valence-electron chi connectivity index (χ4n) is 3.13. The van der Waals surface area contributed by atoms with Crippen LogP contribution >= 0.6 is 11.6 Å². The Kier molecular flexibility index (Phi) is 5.98. The highest BCUT2D eigenvalue weighted by atomic mass is 35.5. The van der Waals surface area contributed by atoms with Gasteiger partial charge in [0.05, 0.1) is 18.5 Å². The van der Waals surface area contributed by atoms with Gasteiger partial charge in [-0.25, -0.2) is 4.68 Å². The summed E-state index contributed by atoms with van der Waals surface area (Å²) >= 11 is 5.91. The van der Waals surface area contributed by atoms with Crippen molar-refractivity contribution in [3.8, 4) is 0 Å². The summed E-state index contributed by atoms with van der Waals surface area (Å²) in [4.78, 5) is 36.3. The number of aryl methyl sites for hydroxylation is 1. The number of carbonyl (C=O) groups excluding carboxylic acids is 2. The van der Waals surface area contributed by atoms with E-state index in [1.165, 1.54) is 13.2 Å². The average Bonchev–Trinajstić information content (AvgIpc) is 2.97. The summed E-state index contributed by atoms with van der Waals surface area (Å²) < 4.78 is 7.48. The molecule has 2 aromatic heterocycles. The summed E-state index contributed by atoms with van der Waals surface area (Å²) in [6.07, 6.45) is 0.396. The van der Waals surface area contributed by atoms with Crippen LogP contribution in [0.25, 0.3) is 0 Å². The van der Waals surface area contributed by atoms with Crippen molar-refractivity contribution in [3.05, 3.63) is 86.0 Å². The molecule has 0 fully saturated rings. The van der Waals surface area contributed by atoms with Gasteiger partial charge in [0.15, 0.2) is 0 Å². The number of esters is 1. The Balaban J connectivity index is 1.90. The monoisotopic (exact) mass is 413 g/mol. The molecule has 29 heavy (non-hydrogen) atoms. The summed E-state index contributed by atoms with van der Waals surface area (Å²) in [5.74, 6) is -0.654. The Hall–Kier alpha value is -3.19. The molecular formula is C21H20ClN3O4. The fraction of sp³-hybridized carbons (Fsp3) is 0.238. The summed E-state index contributed by atoms with van der Waals surface area (Å²) in [5.41, 5.74) is 3.03. The predicted molar refractivity (Wildman–Crippen MR) is 108 cm³/mol. The molecule has 0 saturated carbocycles. The van der Waals surface area contributed by atoms with Gasteiger partial charge >= 0.3 is 5.97 Å². The number of hydrogen-bond acceptors (Lipinski definition) is 5. The lowest BCUT2D eigenvalue weighted by molar-refractivity contribution is -0.141. The summed E-state index contributed by atoms with van der Waals surface area (Å²) in [6.45, 7) is 1.62. The molecule has 0 N–H and O–H groups in total.